The molecule has 1 atom stereocenters. The highest BCUT2D eigenvalue weighted by molar-refractivity contribution is 5.93. The number of aromatic nitrogens is 2. The molecule has 0 spiro atoms. The average Bonchev–Trinajstić information content (AvgIpc) is 3.40. The quantitative estimate of drug-likeness (QED) is 0.604. The maximum atomic E-state index is 11.7. The van der Waals surface area contributed by atoms with Gasteiger partial charge in [0.15, 0.2) is 0 Å². The second-order valence-electron chi connectivity index (χ2n) is 8.38. The topological polar surface area (TPSA) is 91.9 Å². The fraction of sp³-hybridized carbons (Fsp3) is 0.435. The van der Waals surface area contributed by atoms with Crippen LogP contribution in [0.4, 0.5) is 0 Å². The number of ether oxygens (including phenoxy) is 1. The lowest BCUT2D eigenvalue weighted by molar-refractivity contribution is 0.0535. The molecule has 8 nitrogen and oxygen atoms in total. The van der Waals surface area contributed by atoms with E-state index in [9.17, 15) is 9.90 Å². The first-order valence-corrected chi connectivity index (χ1v) is 10.7. The Labute approximate surface area is 180 Å². The van der Waals surface area contributed by atoms with E-state index in [-0.39, 0.29) is 5.97 Å². The molecule has 0 radical (unpaired) electrons. The summed E-state index contributed by atoms with van der Waals surface area (Å²) in [7, 11) is 0. The van der Waals surface area contributed by atoms with Gasteiger partial charge in [0.1, 0.15) is 17.6 Å². The molecule has 1 N–H and O–H groups in total. The number of fused-ring (bicyclic) bond motifs is 2. The summed E-state index contributed by atoms with van der Waals surface area (Å²) in [6.07, 6.45) is 0.385. The smallest absolute Gasteiger partial charge is 0.338 e. The van der Waals surface area contributed by atoms with Gasteiger partial charge in [0, 0.05) is 44.8 Å². The van der Waals surface area contributed by atoms with Crippen molar-refractivity contribution in [1.82, 2.24) is 20.1 Å². The number of hydrogen-bond acceptors (Lipinski definition) is 8. The maximum Gasteiger partial charge on any atom is 0.338 e. The van der Waals surface area contributed by atoms with Crippen molar-refractivity contribution in [2.45, 2.75) is 26.1 Å². The molecule has 0 unspecified atom stereocenters. The number of benzene rings is 2. The van der Waals surface area contributed by atoms with Crippen LogP contribution in [0.2, 0.25) is 0 Å². The van der Waals surface area contributed by atoms with E-state index in [0.717, 1.165) is 66.9 Å². The minimum Gasteiger partial charge on any atom is -0.457 e. The van der Waals surface area contributed by atoms with Crippen molar-refractivity contribution in [2.24, 2.45) is 0 Å². The third-order valence-electron chi connectivity index (χ3n) is 6.50. The van der Waals surface area contributed by atoms with Gasteiger partial charge in [0.2, 0.25) is 0 Å². The third-order valence-corrected chi connectivity index (χ3v) is 6.50. The van der Waals surface area contributed by atoms with Crippen molar-refractivity contribution in [1.29, 1.82) is 0 Å². The first kappa shape index (κ1) is 20.1. The minimum atomic E-state index is -0.574. The summed E-state index contributed by atoms with van der Waals surface area (Å²) in [5.74, 6) is -0.270. The van der Waals surface area contributed by atoms with Gasteiger partial charge in [-0.3, -0.25) is 4.90 Å². The van der Waals surface area contributed by atoms with Gasteiger partial charge < -0.3 is 14.7 Å². The molecule has 1 saturated heterocycles. The summed E-state index contributed by atoms with van der Waals surface area (Å²) in [5, 5.41) is 18.6. The molecule has 3 heterocycles. The van der Waals surface area contributed by atoms with Gasteiger partial charge in [-0.2, -0.15) is 0 Å². The SMILES string of the molecule is Cc1c([C@H](O)CN2CCN(CCc3ccc4nonc4c3)CC2)ccc2c1COC2=O. The molecule has 2 aromatic carbocycles. The molecule has 3 aromatic rings. The van der Waals surface area contributed by atoms with Crippen LogP contribution in [0.1, 0.15) is 38.7 Å². The van der Waals surface area contributed by atoms with Gasteiger partial charge in [-0.25, -0.2) is 9.42 Å². The number of carbonyl (C=O) groups is 1. The fourth-order valence-electron chi connectivity index (χ4n) is 4.54. The van der Waals surface area contributed by atoms with Gasteiger partial charge in [-0.1, -0.05) is 12.1 Å². The Kier molecular flexibility index (Phi) is 5.43. The van der Waals surface area contributed by atoms with Gasteiger partial charge in [-0.05, 0) is 58.5 Å². The number of esters is 1. The summed E-state index contributed by atoms with van der Waals surface area (Å²) in [5.41, 5.74) is 6.20. The summed E-state index contributed by atoms with van der Waals surface area (Å²) >= 11 is 0. The van der Waals surface area contributed by atoms with E-state index in [2.05, 4.69) is 26.2 Å². The number of aliphatic hydroxyl groups excluding tert-OH is 1. The first-order valence-electron chi connectivity index (χ1n) is 10.7. The zero-order valence-corrected chi connectivity index (χ0v) is 17.6. The number of rotatable bonds is 6. The number of aliphatic hydroxyl groups is 1. The van der Waals surface area contributed by atoms with Crippen molar-refractivity contribution >= 4 is 17.0 Å². The molecule has 0 amide bonds. The van der Waals surface area contributed by atoms with E-state index in [1.165, 1.54) is 5.56 Å². The lowest BCUT2D eigenvalue weighted by Gasteiger charge is -2.35. The Morgan fingerprint density at radius 1 is 1.06 bits per heavy atom. The molecule has 1 aromatic heterocycles. The zero-order chi connectivity index (χ0) is 21.4. The normalized spacial score (nSPS) is 18.3. The third kappa shape index (κ3) is 4.06. The second-order valence-corrected chi connectivity index (χ2v) is 8.38. The number of carbonyl (C=O) groups excluding carboxylic acids is 1. The monoisotopic (exact) mass is 422 g/mol. The Hall–Kier alpha value is -2.81. The molecule has 8 heteroatoms. The van der Waals surface area contributed by atoms with E-state index < -0.39 is 6.10 Å². The van der Waals surface area contributed by atoms with Crippen molar-refractivity contribution in [3.63, 3.8) is 0 Å². The Bertz CT molecular complexity index is 1100. The van der Waals surface area contributed by atoms with Crippen LogP contribution in [-0.2, 0) is 17.8 Å². The van der Waals surface area contributed by atoms with Gasteiger partial charge in [-0.15, -0.1) is 0 Å². The molecular weight excluding hydrogens is 396 g/mol. The number of cyclic esters (lactones) is 1. The molecule has 2 aliphatic rings. The lowest BCUT2D eigenvalue weighted by atomic mass is 9.95. The van der Waals surface area contributed by atoms with Gasteiger partial charge in [0.05, 0.1) is 11.7 Å². The lowest BCUT2D eigenvalue weighted by Crippen LogP contribution is -2.48. The predicted molar refractivity (Wildman–Crippen MR) is 114 cm³/mol. The molecule has 0 saturated carbocycles. The minimum absolute atomic E-state index is 0.270. The van der Waals surface area contributed by atoms with E-state index in [1.54, 1.807) is 6.07 Å². The fourth-order valence-corrected chi connectivity index (χ4v) is 4.54. The molecular formula is C23H26N4O4. The Morgan fingerprint density at radius 3 is 2.68 bits per heavy atom. The molecule has 31 heavy (non-hydrogen) atoms. The second kappa shape index (κ2) is 8.37. The average molecular weight is 422 g/mol. The highest BCUT2D eigenvalue weighted by Gasteiger charge is 2.27. The summed E-state index contributed by atoms with van der Waals surface area (Å²) in [4.78, 5) is 16.5. The number of nitrogens with zero attached hydrogens (tertiary/aromatic N) is 4. The van der Waals surface area contributed by atoms with Crippen molar-refractivity contribution in [3.8, 4) is 0 Å². The Morgan fingerprint density at radius 2 is 1.84 bits per heavy atom. The predicted octanol–water partition coefficient (Wildman–Crippen LogP) is 2.10. The first-order chi connectivity index (χ1) is 15.1. The summed E-state index contributed by atoms with van der Waals surface area (Å²) < 4.78 is 9.89. The van der Waals surface area contributed by atoms with Gasteiger partial charge in [0.25, 0.3) is 0 Å². The van der Waals surface area contributed by atoms with Crippen LogP contribution in [0.5, 0.6) is 0 Å². The van der Waals surface area contributed by atoms with Crippen LogP contribution in [0.25, 0.3) is 11.0 Å². The summed E-state index contributed by atoms with van der Waals surface area (Å²) in [6, 6.07) is 9.71. The standard InChI is InChI=1S/C23H26N4O4/c1-15-17(3-4-18-19(15)14-30-23(18)29)22(28)13-27-10-8-26(9-11-27)7-6-16-2-5-20-21(12-16)25-31-24-20/h2-5,12,22,28H,6-11,13-14H2,1H3/t22-/m1/s1. The number of hydrogen-bond donors (Lipinski definition) is 1. The Balaban J connectivity index is 1.13. The largest absolute Gasteiger partial charge is 0.457 e. The molecule has 2 aliphatic heterocycles. The van der Waals surface area contributed by atoms with Gasteiger partial charge >= 0.3 is 5.97 Å². The highest BCUT2D eigenvalue weighted by atomic mass is 16.6. The van der Waals surface area contributed by atoms with E-state index >= 15 is 0 Å². The van der Waals surface area contributed by atoms with Crippen LogP contribution in [0, 0.1) is 6.92 Å². The van der Waals surface area contributed by atoms with Crippen LogP contribution < -0.4 is 0 Å². The van der Waals surface area contributed by atoms with Crippen LogP contribution >= 0.6 is 0 Å². The molecule has 1 fully saturated rings. The van der Waals surface area contributed by atoms with E-state index in [0.29, 0.717) is 18.7 Å². The van der Waals surface area contributed by atoms with Crippen LogP contribution in [0.3, 0.4) is 0 Å². The number of piperazine rings is 1. The van der Waals surface area contributed by atoms with Crippen molar-refractivity contribution in [3.05, 3.63) is 58.1 Å². The molecule has 162 valence electrons. The van der Waals surface area contributed by atoms with Crippen LogP contribution in [-0.4, -0.2) is 70.5 Å². The van der Waals surface area contributed by atoms with Crippen LogP contribution in [0.15, 0.2) is 35.0 Å². The van der Waals surface area contributed by atoms with E-state index in [1.807, 2.05) is 25.1 Å². The molecule has 5 rings (SSSR count). The molecule has 0 aliphatic carbocycles. The summed E-state index contributed by atoms with van der Waals surface area (Å²) in [6.45, 7) is 7.66. The van der Waals surface area contributed by atoms with E-state index in [4.69, 9.17) is 9.37 Å². The van der Waals surface area contributed by atoms with Crippen molar-refractivity contribution in [2.75, 3.05) is 39.3 Å². The van der Waals surface area contributed by atoms with Crippen molar-refractivity contribution < 1.29 is 19.3 Å². The highest BCUT2D eigenvalue weighted by Crippen LogP contribution is 2.29. The number of β-amino-alcohol motifs (C(OH)–C–C–N with tert-alkyl or cyclic N) is 1. The maximum absolute atomic E-state index is 11.7. The zero-order valence-electron chi connectivity index (χ0n) is 17.6. The molecule has 0 bridgehead atoms.